The second-order valence-electron chi connectivity index (χ2n) is 9.25. The number of nitriles is 1. The fourth-order valence-electron chi connectivity index (χ4n) is 5.50. The first kappa shape index (κ1) is 20.7. The van der Waals surface area contributed by atoms with Crippen molar-refractivity contribution in [1.82, 2.24) is 24.9 Å². The van der Waals surface area contributed by atoms with Gasteiger partial charge in [-0.3, -0.25) is 9.88 Å². The van der Waals surface area contributed by atoms with Gasteiger partial charge in [0.2, 0.25) is 0 Å². The normalized spacial score (nSPS) is 28.0. The Labute approximate surface area is 195 Å². The number of carbonyl (C=O) groups is 1. The molecule has 1 aromatic carbocycles. The molecule has 1 aliphatic carbocycles. The van der Waals surface area contributed by atoms with E-state index in [4.69, 9.17) is 4.74 Å². The van der Waals surface area contributed by atoms with E-state index in [9.17, 15) is 10.1 Å². The van der Waals surface area contributed by atoms with Gasteiger partial charge in [-0.1, -0.05) is 11.3 Å². The topological polar surface area (TPSA) is 100 Å². The zero-order chi connectivity index (χ0) is 23.4. The van der Waals surface area contributed by atoms with Gasteiger partial charge in [0, 0.05) is 48.4 Å². The Kier molecular flexibility index (Phi) is 4.64. The molecule has 4 atom stereocenters. The average molecular weight is 459 g/mol. The summed E-state index contributed by atoms with van der Waals surface area (Å²) >= 11 is 0. The lowest BCUT2D eigenvalue weighted by Crippen LogP contribution is -2.27. The molecule has 0 bridgehead atoms. The highest BCUT2D eigenvalue weighted by molar-refractivity contribution is 5.90. The van der Waals surface area contributed by atoms with Gasteiger partial charge in [0.05, 0.1) is 36.7 Å². The van der Waals surface area contributed by atoms with Gasteiger partial charge in [-0.25, -0.2) is 13.9 Å². The fraction of sp³-hybridized carbons (Fsp3) is 0.375. The molecule has 3 aliphatic rings. The van der Waals surface area contributed by atoms with Gasteiger partial charge in [-0.2, -0.15) is 5.26 Å². The van der Waals surface area contributed by atoms with Crippen molar-refractivity contribution in [3.8, 4) is 17.2 Å². The number of amides is 1. The number of piperidine rings is 1. The van der Waals surface area contributed by atoms with Crippen molar-refractivity contribution in [1.29, 1.82) is 5.26 Å². The molecule has 2 saturated heterocycles. The van der Waals surface area contributed by atoms with Gasteiger partial charge in [-0.05, 0) is 31.3 Å². The number of anilines is 1. The Balaban J connectivity index is 1.19. The summed E-state index contributed by atoms with van der Waals surface area (Å²) in [6.07, 6.45) is 3.95. The molecule has 6 rings (SSSR count). The van der Waals surface area contributed by atoms with Crippen LogP contribution in [0.5, 0.6) is 0 Å². The molecule has 34 heavy (non-hydrogen) atoms. The van der Waals surface area contributed by atoms with E-state index < -0.39 is 23.4 Å². The molecule has 0 spiro atoms. The number of carbonyl (C=O) groups excluding carboxylic acids is 1. The summed E-state index contributed by atoms with van der Waals surface area (Å²) in [6, 6.07) is 10.8. The van der Waals surface area contributed by atoms with E-state index in [2.05, 4.69) is 33.3 Å². The maximum Gasteiger partial charge on any atom is 0.414 e. The highest BCUT2D eigenvalue weighted by atomic mass is 19.1. The van der Waals surface area contributed by atoms with Crippen molar-refractivity contribution in [3.05, 3.63) is 60.4 Å². The van der Waals surface area contributed by atoms with Gasteiger partial charge in [0.15, 0.2) is 0 Å². The minimum absolute atomic E-state index is 0.293. The molecule has 10 heteroatoms. The predicted molar refractivity (Wildman–Crippen MR) is 119 cm³/mol. The third-order valence-electron chi connectivity index (χ3n) is 7.25. The summed E-state index contributed by atoms with van der Waals surface area (Å²) in [6.45, 7) is 2.47. The van der Waals surface area contributed by atoms with Gasteiger partial charge in [-0.15, -0.1) is 5.10 Å². The molecule has 3 aromatic rings. The average Bonchev–Trinajstić information content (AvgIpc) is 3.31. The Hall–Kier alpha value is -3.84. The van der Waals surface area contributed by atoms with Crippen molar-refractivity contribution in [2.45, 2.75) is 18.1 Å². The number of hydrogen-bond donors (Lipinski definition) is 0. The smallest absolute Gasteiger partial charge is 0.414 e. The Morgan fingerprint density at radius 2 is 2.06 bits per heavy atom. The first-order valence-electron chi connectivity index (χ1n) is 11.2. The van der Waals surface area contributed by atoms with Crippen LogP contribution in [0.1, 0.15) is 5.69 Å². The summed E-state index contributed by atoms with van der Waals surface area (Å²) in [5.74, 6) is 0.162. The standard InChI is InChI=1S/C24H22FN7O2/c1-30-12-19-20(13-30)24(19,14-26)22-5-2-15(9-27-22)18-4-3-16(8-21(18)25)32-11-17(34-23(32)33)10-31-7-6-28-29-31/h2-9,17,19-20H,10-13H2,1H3/t17-,19-,20+,24+/m0/s1. The zero-order valence-corrected chi connectivity index (χ0v) is 18.5. The molecule has 0 N–H and O–H groups in total. The quantitative estimate of drug-likeness (QED) is 0.578. The lowest BCUT2D eigenvalue weighted by atomic mass is 9.95. The first-order valence-corrected chi connectivity index (χ1v) is 11.2. The second-order valence-corrected chi connectivity index (χ2v) is 9.25. The highest BCUT2D eigenvalue weighted by Crippen LogP contribution is 2.62. The van der Waals surface area contributed by atoms with E-state index in [0.717, 1.165) is 18.8 Å². The van der Waals surface area contributed by atoms with Crippen LogP contribution in [-0.2, 0) is 16.7 Å². The number of nitrogens with zero attached hydrogens (tertiary/aromatic N) is 7. The van der Waals surface area contributed by atoms with E-state index in [0.29, 0.717) is 41.7 Å². The van der Waals surface area contributed by atoms with Crippen LogP contribution in [0.2, 0.25) is 0 Å². The largest absolute Gasteiger partial charge is 0.442 e. The number of cyclic esters (lactones) is 1. The van der Waals surface area contributed by atoms with Crippen molar-refractivity contribution in [3.63, 3.8) is 0 Å². The molecular weight excluding hydrogens is 437 g/mol. The van der Waals surface area contributed by atoms with Crippen LogP contribution in [0.15, 0.2) is 48.9 Å². The van der Waals surface area contributed by atoms with Crippen LogP contribution >= 0.6 is 0 Å². The SMILES string of the molecule is CN1C[C@@H]2[C@H](C1)[C@@]2(C#N)c1ccc(-c2ccc(N3C[C@H](Cn4ccnn4)OC3=O)cc2F)cn1. The molecule has 0 radical (unpaired) electrons. The van der Waals surface area contributed by atoms with Crippen LogP contribution in [0.25, 0.3) is 11.1 Å². The molecular formula is C24H22FN7O2. The van der Waals surface area contributed by atoms with Gasteiger partial charge in [0.1, 0.15) is 17.3 Å². The molecule has 2 aliphatic heterocycles. The third-order valence-corrected chi connectivity index (χ3v) is 7.25. The summed E-state index contributed by atoms with van der Waals surface area (Å²) in [4.78, 5) is 20.6. The minimum Gasteiger partial charge on any atom is -0.442 e. The van der Waals surface area contributed by atoms with E-state index in [-0.39, 0.29) is 0 Å². The maximum absolute atomic E-state index is 15.1. The van der Waals surface area contributed by atoms with Crippen molar-refractivity contribution in [2.24, 2.45) is 11.8 Å². The van der Waals surface area contributed by atoms with Crippen LogP contribution in [0, 0.1) is 29.0 Å². The number of rotatable bonds is 5. The van der Waals surface area contributed by atoms with Gasteiger partial charge in [0.25, 0.3) is 0 Å². The molecule has 3 fully saturated rings. The molecule has 1 amide bonds. The van der Waals surface area contributed by atoms with Crippen LogP contribution in [0.3, 0.4) is 0 Å². The summed E-state index contributed by atoms with van der Waals surface area (Å²) in [7, 11) is 2.07. The Bertz CT molecular complexity index is 1280. The molecule has 4 heterocycles. The lowest BCUT2D eigenvalue weighted by Gasteiger charge is -2.18. The second kappa shape index (κ2) is 7.60. The summed E-state index contributed by atoms with van der Waals surface area (Å²) < 4.78 is 22.1. The van der Waals surface area contributed by atoms with Gasteiger partial charge < -0.3 is 9.64 Å². The van der Waals surface area contributed by atoms with E-state index in [1.54, 1.807) is 35.4 Å². The third kappa shape index (κ3) is 3.15. The van der Waals surface area contributed by atoms with E-state index in [1.165, 1.54) is 11.0 Å². The summed E-state index contributed by atoms with van der Waals surface area (Å²) in [5.41, 5.74) is 1.67. The molecule has 172 valence electrons. The van der Waals surface area contributed by atoms with Crippen molar-refractivity contribution < 1.29 is 13.9 Å². The monoisotopic (exact) mass is 459 g/mol. The number of aromatic nitrogens is 4. The fourth-order valence-corrected chi connectivity index (χ4v) is 5.50. The lowest BCUT2D eigenvalue weighted by molar-refractivity contribution is 0.129. The van der Waals surface area contributed by atoms with E-state index >= 15 is 4.39 Å². The molecule has 1 saturated carbocycles. The molecule has 9 nitrogen and oxygen atoms in total. The van der Waals surface area contributed by atoms with Crippen LogP contribution in [-0.4, -0.2) is 63.8 Å². The zero-order valence-electron chi connectivity index (χ0n) is 18.5. The summed E-state index contributed by atoms with van der Waals surface area (Å²) in [5, 5.41) is 17.5. The predicted octanol–water partition coefficient (Wildman–Crippen LogP) is 2.46. The number of likely N-dealkylation sites (tertiary alicyclic amines) is 1. The molecule has 2 aromatic heterocycles. The number of fused-ring (bicyclic) bond motifs is 1. The van der Waals surface area contributed by atoms with Crippen molar-refractivity contribution in [2.75, 3.05) is 31.6 Å². The van der Waals surface area contributed by atoms with Crippen LogP contribution in [0.4, 0.5) is 14.9 Å². The number of benzene rings is 1. The number of halogens is 1. The van der Waals surface area contributed by atoms with Crippen LogP contribution < -0.4 is 4.90 Å². The Morgan fingerprint density at radius 3 is 2.71 bits per heavy atom. The number of ether oxygens (including phenoxy) is 1. The van der Waals surface area contributed by atoms with Crippen molar-refractivity contribution >= 4 is 11.8 Å². The van der Waals surface area contributed by atoms with E-state index in [1.807, 2.05) is 12.1 Å². The first-order chi connectivity index (χ1) is 16.5. The highest BCUT2D eigenvalue weighted by Gasteiger charge is 2.70. The Morgan fingerprint density at radius 1 is 1.24 bits per heavy atom. The maximum atomic E-state index is 15.1. The number of pyridine rings is 1. The minimum atomic E-state index is -0.522. The molecule has 0 unspecified atom stereocenters. The number of hydrogen-bond acceptors (Lipinski definition) is 7. The van der Waals surface area contributed by atoms with Gasteiger partial charge >= 0.3 is 6.09 Å².